The molecular weight excluding hydrogens is 224 g/mol. The quantitative estimate of drug-likeness (QED) is 0.744. The summed E-state index contributed by atoms with van der Waals surface area (Å²) in [5.41, 5.74) is 0.636. The van der Waals surface area contributed by atoms with Crippen LogP contribution in [0.3, 0.4) is 0 Å². The van der Waals surface area contributed by atoms with E-state index >= 15 is 0 Å². The molecular formula is C16H16O2. The van der Waals surface area contributed by atoms with Gasteiger partial charge in [-0.1, -0.05) is 44.2 Å². The van der Waals surface area contributed by atoms with Gasteiger partial charge in [-0.3, -0.25) is 4.79 Å². The molecule has 0 N–H and O–H groups in total. The van der Waals surface area contributed by atoms with Gasteiger partial charge in [0.25, 0.3) is 0 Å². The van der Waals surface area contributed by atoms with Gasteiger partial charge in [-0.25, -0.2) is 0 Å². The number of carbonyl (C=O) groups excluding carboxylic acids is 1. The molecule has 2 aromatic rings. The zero-order valence-corrected chi connectivity index (χ0v) is 10.6. The van der Waals surface area contributed by atoms with Crippen LogP contribution in [0.4, 0.5) is 0 Å². The molecule has 2 aromatic carbocycles. The number of hydrogen-bond acceptors (Lipinski definition) is 2. The van der Waals surface area contributed by atoms with Crippen molar-refractivity contribution in [3.63, 3.8) is 0 Å². The van der Waals surface area contributed by atoms with Gasteiger partial charge >= 0.3 is 0 Å². The minimum atomic E-state index is -0.0366. The molecule has 0 aliphatic rings. The van der Waals surface area contributed by atoms with Crippen LogP contribution in [0.1, 0.15) is 24.2 Å². The van der Waals surface area contributed by atoms with Crippen LogP contribution in [-0.2, 0) is 0 Å². The van der Waals surface area contributed by atoms with Gasteiger partial charge in [-0.2, -0.15) is 0 Å². The van der Waals surface area contributed by atoms with E-state index in [9.17, 15) is 4.79 Å². The molecule has 0 bridgehead atoms. The van der Waals surface area contributed by atoms with Crippen LogP contribution in [0.25, 0.3) is 0 Å². The topological polar surface area (TPSA) is 26.3 Å². The van der Waals surface area contributed by atoms with Gasteiger partial charge < -0.3 is 4.74 Å². The SMILES string of the molecule is CC(C)C(=O)c1ccccc1Oc1ccccc1. The monoisotopic (exact) mass is 240 g/mol. The fourth-order valence-electron chi connectivity index (χ4n) is 1.69. The Morgan fingerprint density at radius 1 is 0.944 bits per heavy atom. The third-order valence-electron chi connectivity index (χ3n) is 2.65. The highest BCUT2D eigenvalue weighted by atomic mass is 16.5. The van der Waals surface area contributed by atoms with Gasteiger partial charge in [0, 0.05) is 5.92 Å². The van der Waals surface area contributed by atoms with Gasteiger partial charge in [-0.15, -0.1) is 0 Å². The first-order valence-corrected chi connectivity index (χ1v) is 6.04. The number of ether oxygens (including phenoxy) is 1. The van der Waals surface area contributed by atoms with Gasteiger partial charge in [0.05, 0.1) is 5.56 Å². The molecule has 0 atom stereocenters. The molecule has 0 heterocycles. The lowest BCUT2D eigenvalue weighted by atomic mass is 10.0. The molecule has 0 fully saturated rings. The van der Waals surface area contributed by atoms with E-state index in [-0.39, 0.29) is 11.7 Å². The van der Waals surface area contributed by atoms with Crippen LogP contribution in [0.15, 0.2) is 54.6 Å². The zero-order chi connectivity index (χ0) is 13.0. The lowest BCUT2D eigenvalue weighted by molar-refractivity contribution is 0.0937. The zero-order valence-electron chi connectivity index (χ0n) is 10.6. The third kappa shape index (κ3) is 2.77. The average Bonchev–Trinajstić information content (AvgIpc) is 2.39. The first kappa shape index (κ1) is 12.4. The Bertz CT molecular complexity index is 530. The van der Waals surface area contributed by atoms with Crippen molar-refractivity contribution in [1.29, 1.82) is 0 Å². The van der Waals surface area contributed by atoms with Gasteiger partial charge in [0.15, 0.2) is 5.78 Å². The second kappa shape index (κ2) is 5.50. The van der Waals surface area contributed by atoms with E-state index in [1.165, 1.54) is 0 Å². The van der Waals surface area contributed by atoms with Crippen LogP contribution in [-0.4, -0.2) is 5.78 Å². The van der Waals surface area contributed by atoms with Gasteiger partial charge in [0.2, 0.25) is 0 Å². The minimum absolute atomic E-state index is 0.0366. The van der Waals surface area contributed by atoms with Crippen molar-refractivity contribution in [2.24, 2.45) is 5.92 Å². The van der Waals surface area contributed by atoms with Gasteiger partial charge in [-0.05, 0) is 24.3 Å². The van der Waals surface area contributed by atoms with E-state index in [1.807, 2.05) is 62.4 Å². The number of ketones is 1. The third-order valence-corrected chi connectivity index (χ3v) is 2.65. The van der Waals surface area contributed by atoms with E-state index in [2.05, 4.69) is 0 Å². The summed E-state index contributed by atoms with van der Waals surface area (Å²) < 4.78 is 5.76. The van der Waals surface area contributed by atoms with E-state index in [4.69, 9.17) is 4.74 Å². The normalized spacial score (nSPS) is 10.4. The van der Waals surface area contributed by atoms with Crippen molar-refractivity contribution in [1.82, 2.24) is 0 Å². The number of para-hydroxylation sites is 2. The summed E-state index contributed by atoms with van der Waals surface area (Å²) in [5, 5.41) is 0. The molecule has 0 saturated carbocycles. The molecule has 0 radical (unpaired) electrons. The minimum Gasteiger partial charge on any atom is -0.457 e. The van der Waals surface area contributed by atoms with Crippen molar-refractivity contribution in [2.75, 3.05) is 0 Å². The highest BCUT2D eigenvalue weighted by Crippen LogP contribution is 2.26. The summed E-state index contributed by atoms with van der Waals surface area (Å²) >= 11 is 0. The molecule has 2 nitrogen and oxygen atoms in total. The average molecular weight is 240 g/mol. The molecule has 0 spiro atoms. The summed E-state index contributed by atoms with van der Waals surface area (Å²) in [7, 11) is 0. The molecule has 2 heteroatoms. The summed E-state index contributed by atoms with van der Waals surface area (Å²) in [6.45, 7) is 3.78. The van der Waals surface area contributed by atoms with Crippen molar-refractivity contribution in [2.45, 2.75) is 13.8 Å². The highest BCUT2D eigenvalue weighted by Gasteiger charge is 2.15. The van der Waals surface area contributed by atoms with Crippen LogP contribution in [0, 0.1) is 5.92 Å². The Hall–Kier alpha value is -2.09. The Morgan fingerprint density at radius 2 is 1.56 bits per heavy atom. The molecule has 2 rings (SSSR count). The maximum absolute atomic E-state index is 12.1. The molecule has 18 heavy (non-hydrogen) atoms. The van der Waals surface area contributed by atoms with Crippen molar-refractivity contribution in [3.8, 4) is 11.5 Å². The van der Waals surface area contributed by atoms with Crippen LogP contribution in [0.2, 0.25) is 0 Å². The summed E-state index contributed by atoms with van der Waals surface area (Å²) in [4.78, 5) is 12.1. The fraction of sp³-hybridized carbons (Fsp3) is 0.188. The first-order chi connectivity index (χ1) is 8.68. The van der Waals surface area contributed by atoms with Crippen LogP contribution in [0.5, 0.6) is 11.5 Å². The summed E-state index contributed by atoms with van der Waals surface area (Å²) in [6, 6.07) is 16.8. The Kier molecular flexibility index (Phi) is 3.78. The van der Waals surface area contributed by atoms with Crippen molar-refractivity contribution < 1.29 is 9.53 Å². The summed E-state index contributed by atoms with van der Waals surface area (Å²) in [6.07, 6.45) is 0. The number of Topliss-reactive ketones (excluding diaryl/α,β-unsaturated/α-hetero) is 1. The molecule has 0 aromatic heterocycles. The smallest absolute Gasteiger partial charge is 0.169 e. The number of hydrogen-bond donors (Lipinski definition) is 0. The van der Waals surface area contributed by atoms with Crippen molar-refractivity contribution >= 4 is 5.78 Å². The number of benzene rings is 2. The second-order valence-corrected chi connectivity index (χ2v) is 4.43. The highest BCUT2D eigenvalue weighted by molar-refractivity contribution is 5.99. The Morgan fingerprint density at radius 3 is 2.22 bits per heavy atom. The maximum atomic E-state index is 12.1. The van der Waals surface area contributed by atoms with Crippen LogP contribution < -0.4 is 4.74 Å². The maximum Gasteiger partial charge on any atom is 0.169 e. The van der Waals surface area contributed by atoms with Crippen molar-refractivity contribution in [3.05, 3.63) is 60.2 Å². The molecule has 0 saturated heterocycles. The van der Waals surface area contributed by atoms with E-state index in [0.29, 0.717) is 11.3 Å². The largest absolute Gasteiger partial charge is 0.457 e. The molecule has 0 amide bonds. The summed E-state index contributed by atoms with van der Waals surface area (Å²) in [5.74, 6) is 1.41. The molecule has 0 unspecified atom stereocenters. The lowest BCUT2D eigenvalue weighted by Gasteiger charge is -2.11. The first-order valence-electron chi connectivity index (χ1n) is 6.04. The fourth-order valence-corrected chi connectivity index (χ4v) is 1.69. The molecule has 92 valence electrons. The number of carbonyl (C=O) groups is 1. The second-order valence-electron chi connectivity index (χ2n) is 4.43. The predicted molar refractivity (Wildman–Crippen MR) is 72.1 cm³/mol. The number of rotatable bonds is 4. The molecule has 0 aliphatic carbocycles. The van der Waals surface area contributed by atoms with E-state index in [1.54, 1.807) is 6.07 Å². The van der Waals surface area contributed by atoms with Crippen LogP contribution >= 0.6 is 0 Å². The van der Waals surface area contributed by atoms with E-state index < -0.39 is 0 Å². The van der Waals surface area contributed by atoms with Gasteiger partial charge in [0.1, 0.15) is 11.5 Å². The Labute approximate surface area is 107 Å². The predicted octanol–water partition coefficient (Wildman–Crippen LogP) is 4.32. The Balaban J connectivity index is 2.31. The van der Waals surface area contributed by atoms with E-state index in [0.717, 1.165) is 5.75 Å². The lowest BCUT2D eigenvalue weighted by Crippen LogP contribution is -2.08. The standard InChI is InChI=1S/C16H16O2/c1-12(2)16(17)14-10-6-7-11-15(14)18-13-8-4-3-5-9-13/h3-12H,1-2H3. The molecule has 0 aliphatic heterocycles.